The van der Waals surface area contributed by atoms with Crippen LogP contribution in [0.5, 0.6) is 0 Å². The van der Waals surface area contributed by atoms with Crippen LogP contribution in [0.4, 0.5) is 8.78 Å². The van der Waals surface area contributed by atoms with Crippen molar-refractivity contribution in [2.45, 2.75) is 63.9 Å². The van der Waals surface area contributed by atoms with Gasteiger partial charge in [-0.3, -0.25) is 4.79 Å². The minimum absolute atomic E-state index is 0.000823. The Balaban J connectivity index is 1.26. The molecule has 226 valence electrons. The van der Waals surface area contributed by atoms with E-state index in [2.05, 4.69) is 28.1 Å². The molecule has 3 saturated carbocycles. The Morgan fingerprint density at radius 1 is 1.23 bits per heavy atom. The molecule has 9 nitrogen and oxygen atoms in total. The van der Waals surface area contributed by atoms with Gasteiger partial charge >= 0.3 is 5.97 Å². The number of hydrogen-bond donors (Lipinski definition) is 2. The lowest BCUT2D eigenvalue weighted by molar-refractivity contribution is -0.143. The van der Waals surface area contributed by atoms with E-state index in [4.69, 9.17) is 4.42 Å². The quantitative estimate of drug-likeness (QED) is 0.366. The van der Waals surface area contributed by atoms with Crippen LogP contribution in [-0.2, 0) is 16.6 Å². The van der Waals surface area contributed by atoms with Gasteiger partial charge in [-0.2, -0.15) is 9.49 Å². The molecule has 7 atom stereocenters. The Bertz CT molecular complexity index is 1660. The highest BCUT2D eigenvalue weighted by atomic mass is 32.2. The van der Waals surface area contributed by atoms with Crippen LogP contribution in [0, 0.1) is 34.5 Å². The predicted molar refractivity (Wildman–Crippen MR) is 152 cm³/mol. The number of fused-ring (bicyclic) bond motifs is 6. The first-order valence-corrected chi connectivity index (χ1v) is 15.5. The second kappa shape index (κ2) is 9.82. The van der Waals surface area contributed by atoms with Gasteiger partial charge in [0.15, 0.2) is 5.69 Å². The minimum Gasteiger partial charge on any atom is -0.476 e. The first-order valence-electron chi connectivity index (χ1n) is 14.5. The molecule has 0 aromatic carbocycles. The summed E-state index contributed by atoms with van der Waals surface area (Å²) in [5.74, 6) is -1.83. The summed E-state index contributed by atoms with van der Waals surface area (Å²) < 4.78 is 34.5. The molecule has 0 spiro atoms. The molecule has 0 saturated heterocycles. The smallest absolute Gasteiger partial charge is 0.357 e. The van der Waals surface area contributed by atoms with E-state index >= 15 is 0 Å². The van der Waals surface area contributed by atoms with Crippen LogP contribution >= 0.6 is 11.8 Å². The van der Waals surface area contributed by atoms with Gasteiger partial charge < -0.3 is 14.6 Å². The number of aliphatic hydroxyl groups excluding tert-OH is 1. The van der Waals surface area contributed by atoms with Crippen LogP contribution in [0.2, 0.25) is 0 Å². The minimum atomic E-state index is -1.35. The number of carbonyl (C=O) groups excluding carboxylic acids is 1. The van der Waals surface area contributed by atoms with Crippen molar-refractivity contribution in [3.63, 3.8) is 0 Å². The SMILES string of the molecule is C[C@]12Cc3cnn(-c4ccc(F)nc4)c3C=C1CC[C@@H]1[C@@H]2[C@@H](O)C[C@@]2(C)[C@H]1CC[C@]2(C(=O)SCF)c1nc(C(=O)O)co1. The van der Waals surface area contributed by atoms with Crippen LogP contribution in [0.25, 0.3) is 11.8 Å². The normalized spacial score (nSPS) is 34.5. The van der Waals surface area contributed by atoms with Crippen molar-refractivity contribution in [2.24, 2.45) is 28.6 Å². The number of aromatic carboxylic acids is 1. The Labute approximate surface area is 250 Å². The van der Waals surface area contributed by atoms with Gasteiger partial charge in [0.2, 0.25) is 17.0 Å². The van der Waals surface area contributed by atoms with E-state index in [-0.39, 0.29) is 41.2 Å². The highest BCUT2D eigenvalue weighted by molar-refractivity contribution is 8.13. The fourth-order valence-corrected chi connectivity index (χ4v) is 10.2. The summed E-state index contributed by atoms with van der Waals surface area (Å²) in [7, 11) is 0. The van der Waals surface area contributed by atoms with Crippen LogP contribution in [0.15, 0.2) is 40.8 Å². The number of carboxylic acid groups (broad SMARTS) is 1. The molecule has 7 rings (SSSR count). The number of carboxylic acids is 1. The van der Waals surface area contributed by atoms with Gasteiger partial charge in [-0.05, 0) is 90.9 Å². The number of aromatic nitrogens is 4. The van der Waals surface area contributed by atoms with E-state index in [0.29, 0.717) is 36.7 Å². The second-order valence-corrected chi connectivity index (χ2v) is 13.8. The zero-order valence-electron chi connectivity index (χ0n) is 23.8. The van der Waals surface area contributed by atoms with Gasteiger partial charge in [0.05, 0.1) is 29.9 Å². The zero-order chi connectivity index (χ0) is 30.3. The molecule has 0 bridgehead atoms. The molecule has 12 heteroatoms. The Hall–Kier alpha value is -3.38. The average Bonchev–Trinajstić information content (AvgIpc) is 3.68. The monoisotopic (exact) mass is 610 g/mol. The van der Waals surface area contributed by atoms with Crippen molar-refractivity contribution in [2.75, 3.05) is 6.01 Å². The predicted octanol–water partition coefficient (Wildman–Crippen LogP) is 5.37. The Kier molecular flexibility index (Phi) is 6.48. The maximum atomic E-state index is 13.8. The van der Waals surface area contributed by atoms with Crippen molar-refractivity contribution in [3.05, 3.63) is 65.2 Å². The van der Waals surface area contributed by atoms with E-state index < -0.39 is 40.0 Å². The van der Waals surface area contributed by atoms with Crippen molar-refractivity contribution < 1.29 is 33.0 Å². The molecular formula is C31H32F2N4O5S. The van der Waals surface area contributed by atoms with Crippen LogP contribution in [0.3, 0.4) is 0 Å². The summed E-state index contributed by atoms with van der Waals surface area (Å²) in [6.07, 6.45) is 9.26. The second-order valence-electron chi connectivity index (χ2n) is 12.9. The molecule has 0 radical (unpaired) electrons. The number of allylic oxidation sites excluding steroid dienone is 1. The summed E-state index contributed by atoms with van der Waals surface area (Å²) in [5.41, 5.74) is 1.04. The largest absolute Gasteiger partial charge is 0.476 e. The number of alkyl halides is 1. The first kappa shape index (κ1) is 28.4. The van der Waals surface area contributed by atoms with Crippen molar-refractivity contribution in [1.82, 2.24) is 19.7 Å². The number of halogens is 2. The van der Waals surface area contributed by atoms with E-state index in [1.54, 1.807) is 10.7 Å². The van der Waals surface area contributed by atoms with E-state index in [0.717, 1.165) is 30.4 Å². The van der Waals surface area contributed by atoms with Crippen molar-refractivity contribution in [3.8, 4) is 5.69 Å². The molecule has 0 unspecified atom stereocenters. The molecule has 43 heavy (non-hydrogen) atoms. The molecule has 0 amide bonds. The molecule has 4 aliphatic rings. The maximum absolute atomic E-state index is 13.8. The number of rotatable bonds is 5. The standard InChI is InChI=1S/C31H32F2N4O5S/c1-29-10-16-12-35-37(18-4-6-24(33)34-13-18)22(16)9-17(29)3-5-19-20-7-8-31(28(41)43-15-32,27-36-21(14-42-27)26(39)40)30(20,2)11-23(38)25(19)29/h4,6,9,12-14,19-20,23,25,38H,3,5,7-8,10-11,15H2,1-2H3,(H,39,40)/t19-,20-,23-,25+,29-,30-,31+/m0/s1. The van der Waals surface area contributed by atoms with Gasteiger partial charge in [0.25, 0.3) is 0 Å². The fraction of sp³-hybridized carbons (Fsp3) is 0.516. The summed E-state index contributed by atoms with van der Waals surface area (Å²) >= 11 is 0.557. The molecule has 3 fully saturated rings. The van der Waals surface area contributed by atoms with Gasteiger partial charge in [0, 0.05) is 0 Å². The van der Waals surface area contributed by atoms with Crippen molar-refractivity contribution in [1.29, 1.82) is 0 Å². The van der Waals surface area contributed by atoms with E-state index in [1.165, 1.54) is 17.8 Å². The lowest BCUT2D eigenvalue weighted by Crippen LogP contribution is -2.60. The lowest BCUT2D eigenvalue weighted by Gasteiger charge is -2.60. The summed E-state index contributed by atoms with van der Waals surface area (Å²) in [6.45, 7) is 4.18. The number of carbonyl (C=O) groups is 2. The number of pyridine rings is 1. The van der Waals surface area contributed by atoms with E-state index in [9.17, 15) is 28.6 Å². The van der Waals surface area contributed by atoms with E-state index in [1.807, 2.05) is 13.1 Å². The number of oxazole rings is 1. The molecular weight excluding hydrogens is 578 g/mol. The Morgan fingerprint density at radius 3 is 2.74 bits per heavy atom. The summed E-state index contributed by atoms with van der Waals surface area (Å²) in [4.78, 5) is 33.4. The summed E-state index contributed by atoms with van der Waals surface area (Å²) in [6, 6.07) is 2.04. The first-order chi connectivity index (χ1) is 20.5. The fourth-order valence-electron chi connectivity index (χ4n) is 9.43. The highest BCUT2D eigenvalue weighted by Gasteiger charge is 2.71. The topological polar surface area (TPSA) is 131 Å². The van der Waals surface area contributed by atoms with Crippen molar-refractivity contribution >= 4 is 28.9 Å². The third-order valence-electron chi connectivity index (χ3n) is 11.2. The maximum Gasteiger partial charge on any atom is 0.357 e. The van der Waals surface area contributed by atoms with Gasteiger partial charge in [-0.25, -0.2) is 23.8 Å². The third-order valence-corrected chi connectivity index (χ3v) is 11.9. The van der Waals surface area contributed by atoms with Crippen LogP contribution in [0.1, 0.15) is 73.6 Å². The average molecular weight is 611 g/mol. The molecule has 0 aliphatic heterocycles. The van der Waals surface area contributed by atoms with Gasteiger partial charge in [0.1, 0.15) is 17.7 Å². The number of hydrogen-bond acceptors (Lipinski definition) is 8. The van der Waals surface area contributed by atoms with Crippen LogP contribution in [-0.4, -0.2) is 53.2 Å². The summed E-state index contributed by atoms with van der Waals surface area (Å²) in [5, 5.41) is 25.7. The molecule has 4 aliphatic carbocycles. The Morgan fingerprint density at radius 2 is 2.05 bits per heavy atom. The van der Waals surface area contributed by atoms with Crippen LogP contribution < -0.4 is 0 Å². The molecule has 3 aromatic heterocycles. The lowest BCUT2D eigenvalue weighted by atomic mass is 9.44. The molecule has 3 heterocycles. The number of thioether (sulfide) groups is 1. The zero-order valence-corrected chi connectivity index (χ0v) is 24.6. The number of aliphatic hydroxyl groups is 1. The van der Waals surface area contributed by atoms with Gasteiger partial charge in [-0.15, -0.1) is 0 Å². The van der Waals surface area contributed by atoms with Gasteiger partial charge in [-0.1, -0.05) is 31.2 Å². The number of nitrogens with zero attached hydrogens (tertiary/aromatic N) is 4. The molecule has 2 N–H and O–H groups in total. The molecule has 3 aromatic rings. The highest BCUT2D eigenvalue weighted by Crippen LogP contribution is 2.70. The third kappa shape index (κ3) is 3.87.